The van der Waals surface area contributed by atoms with E-state index in [1.165, 1.54) is 12.1 Å². The molecule has 1 aliphatic rings. The summed E-state index contributed by atoms with van der Waals surface area (Å²) in [6, 6.07) is 4.97. The first kappa shape index (κ1) is 11.9. The Morgan fingerprint density at radius 3 is 2.26 bits per heavy atom. The lowest BCUT2D eigenvalue weighted by Gasteiger charge is -2.06. The predicted octanol–water partition coefficient (Wildman–Crippen LogP) is 2.41. The first-order valence-electron chi connectivity index (χ1n) is 5.32. The van der Waals surface area contributed by atoms with Crippen molar-refractivity contribution in [1.29, 1.82) is 0 Å². The van der Waals surface area contributed by atoms with Gasteiger partial charge in [0.2, 0.25) is 0 Å². The van der Waals surface area contributed by atoms with Crippen LogP contribution in [0.3, 0.4) is 0 Å². The third-order valence-electron chi connectivity index (χ3n) is 2.68. The minimum atomic E-state index is -1.35. The summed E-state index contributed by atoms with van der Waals surface area (Å²) in [4.78, 5) is 0. The lowest BCUT2D eigenvalue weighted by molar-refractivity contribution is 0.482. The number of hydrogen-bond acceptors (Lipinski definition) is 2. The molecular formula is C12H5BF4O2. The maximum Gasteiger partial charge on any atom is 0.636 e. The van der Waals surface area contributed by atoms with Crippen LogP contribution in [0.25, 0.3) is 0 Å². The number of benzene rings is 2. The van der Waals surface area contributed by atoms with Crippen LogP contribution in [0.2, 0.25) is 0 Å². The van der Waals surface area contributed by atoms with Gasteiger partial charge in [0.05, 0.1) is 5.46 Å². The van der Waals surface area contributed by atoms with Crippen LogP contribution in [0.4, 0.5) is 17.6 Å². The lowest BCUT2D eigenvalue weighted by Crippen LogP contribution is -2.41. The smallest absolute Gasteiger partial charge is 0.519 e. The summed E-state index contributed by atoms with van der Waals surface area (Å²) in [5, 5.41) is 0. The van der Waals surface area contributed by atoms with Gasteiger partial charge in [-0.2, -0.15) is 0 Å². The second kappa shape index (κ2) is 4.19. The second-order valence-corrected chi connectivity index (χ2v) is 3.92. The fraction of sp³-hybridized carbons (Fsp3) is 0. The van der Waals surface area contributed by atoms with Gasteiger partial charge < -0.3 is 9.31 Å². The van der Waals surface area contributed by atoms with Crippen LogP contribution in [-0.2, 0) is 0 Å². The molecule has 0 saturated carbocycles. The van der Waals surface area contributed by atoms with Gasteiger partial charge in [-0.15, -0.1) is 0 Å². The van der Waals surface area contributed by atoms with Gasteiger partial charge in [-0.3, -0.25) is 0 Å². The second-order valence-electron chi connectivity index (χ2n) is 3.92. The van der Waals surface area contributed by atoms with Crippen molar-refractivity contribution >= 4 is 12.6 Å². The van der Waals surface area contributed by atoms with Gasteiger partial charge in [-0.25, -0.2) is 17.6 Å². The molecule has 1 heterocycles. The zero-order valence-electron chi connectivity index (χ0n) is 9.29. The Bertz CT molecular complexity index is 662. The topological polar surface area (TPSA) is 18.5 Å². The summed E-state index contributed by atoms with van der Waals surface area (Å²) in [7, 11) is -1.35. The molecule has 2 aromatic rings. The van der Waals surface area contributed by atoms with Crippen LogP contribution in [0.15, 0.2) is 30.3 Å². The van der Waals surface area contributed by atoms with Crippen LogP contribution in [-0.4, -0.2) is 7.12 Å². The number of para-hydroxylation sites is 1. The molecule has 3 rings (SSSR count). The van der Waals surface area contributed by atoms with Crippen LogP contribution < -0.4 is 14.8 Å². The lowest BCUT2D eigenvalue weighted by atomic mass is 9.79. The summed E-state index contributed by atoms with van der Waals surface area (Å²) >= 11 is 0. The van der Waals surface area contributed by atoms with Gasteiger partial charge >= 0.3 is 7.12 Å². The number of rotatable bonds is 1. The minimum absolute atomic E-state index is 0.0779. The highest BCUT2D eigenvalue weighted by atomic mass is 19.2. The van der Waals surface area contributed by atoms with Gasteiger partial charge in [0, 0.05) is 6.07 Å². The summed E-state index contributed by atoms with van der Waals surface area (Å²) in [5.74, 6) is -4.37. The van der Waals surface area contributed by atoms with E-state index in [9.17, 15) is 17.6 Å². The van der Waals surface area contributed by atoms with E-state index < -0.39 is 30.4 Å². The highest BCUT2D eigenvalue weighted by Gasteiger charge is 2.38. The molecule has 0 N–H and O–H groups in total. The zero-order valence-corrected chi connectivity index (χ0v) is 9.29. The highest BCUT2D eigenvalue weighted by Crippen LogP contribution is 2.35. The van der Waals surface area contributed by atoms with Gasteiger partial charge in [0.25, 0.3) is 0 Å². The van der Waals surface area contributed by atoms with Crippen LogP contribution in [0.5, 0.6) is 11.5 Å². The Morgan fingerprint density at radius 1 is 0.789 bits per heavy atom. The first-order chi connectivity index (χ1) is 9.06. The Morgan fingerprint density at radius 2 is 1.53 bits per heavy atom. The molecule has 19 heavy (non-hydrogen) atoms. The highest BCUT2D eigenvalue weighted by molar-refractivity contribution is 6.63. The van der Waals surface area contributed by atoms with E-state index >= 15 is 0 Å². The molecule has 0 amide bonds. The van der Waals surface area contributed by atoms with Crippen molar-refractivity contribution in [2.45, 2.75) is 0 Å². The maximum absolute atomic E-state index is 13.5. The van der Waals surface area contributed by atoms with Crippen molar-refractivity contribution in [3.05, 3.63) is 53.6 Å². The molecule has 96 valence electrons. The van der Waals surface area contributed by atoms with E-state index in [-0.39, 0.29) is 17.0 Å². The Balaban J connectivity index is 1.99. The number of hydrogen-bond donors (Lipinski definition) is 0. The quantitative estimate of drug-likeness (QED) is 0.449. The van der Waals surface area contributed by atoms with Crippen molar-refractivity contribution in [3.8, 4) is 11.5 Å². The van der Waals surface area contributed by atoms with Crippen LogP contribution in [0.1, 0.15) is 0 Å². The monoisotopic (exact) mass is 268 g/mol. The molecule has 0 saturated heterocycles. The van der Waals surface area contributed by atoms with Gasteiger partial charge in [-0.05, 0) is 18.2 Å². The molecule has 2 aromatic carbocycles. The molecule has 0 aromatic heterocycles. The maximum atomic E-state index is 13.5. The van der Waals surface area contributed by atoms with Crippen molar-refractivity contribution < 1.29 is 26.9 Å². The van der Waals surface area contributed by atoms with Gasteiger partial charge in [0.1, 0.15) is 11.6 Å². The van der Waals surface area contributed by atoms with Gasteiger partial charge in [-0.1, -0.05) is 6.07 Å². The van der Waals surface area contributed by atoms with E-state index in [1.807, 2.05) is 0 Å². The van der Waals surface area contributed by atoms with Crippen LogP contribution >= 0.6 is 0 Å². The third kappa shape index (κ3) is 1.91. The van der Waals surface area contributed by atoms with Crippen molar-refractivity contribution in [2.24, 2.45) is 0 Å². The Labute approximate surface area is 105 Å². The first-order valence-corrected chi connectivity index (χ1v) is 5.32. The fourth-order valence-electron chi connectivity index (χ4n) is 1.79. The Kier molecular flexibility index (Phi) is 2.62. The van der Waals surface area contributed by atoms with Crippen molar-refractivity contribution in [3.63, 3.8) is 0 Å². The molecule has 7 heteroatoms. The molecule has 0 fully saturated rings. The fourth-order valence-corrected chi connectivity index (χ4v) is 1.79. The largest absolute Gasteiger partial charge is 0.636 e. The van der Waals surface area contributed by atoms with E-state index in [2.05, 4.69) is 0 Å². The molecule has 0 radical (unpaired) electrons. The number of fused-ring (bicyclic) bond motifs is 1. The molecule has 0 unspecified atom stereocenters. The third-order valence-corrected chi connectivity index (χ3v) is 2.68. The summed E-state index contributed by atoms with van der Waals surface area (Å²) < 4.78 is 63.1. The van der Waals surface area contributed by atoms with E-state index in [4.69, 9.17) is 9.31 Å². The average molecular weight is 268 g/mol. The molecule has 0 aliphatic carbocycles. The van der Waals surface area contributed by atoms with E-state index in [1.54, 1.807) is 0 Å². The predicted molar refractivity (Wildman–Crippen MR) is 59.4 cm³/mol. The standard InChI is InChI=1S/C12H5BF4O2/c14-7-2-1-3-11-12(7)19-13(18-11)6-4-9(16)10(17)5-8(6)15/h1-5H. The SMILES string of the molecule is Fc1cc(F)c(B2Oc3cccc(F)c3O2)cc1F. The summed E-state index contributed by atoms with van der Waals surface area (Å²) in [6.45, 7) is 0. The van der Waals surface area contributed by atoms with Crippen molar-refractivity contribution in [1.82, 2.24) is 0 Å². The molecular weight excluding hydrogens is 263 g/mol. The molecule has 0 spiro atoms. The molecule has 0 atom stereocenters. The molecule has 2 nitrogen and oxygen atoms in total. The zero-order chi connectivity index (χ0) is 13.6. The van der Waals surface area contributed by atoms with Crippen molar-refractivity contribution in [2.75, 3.05) is 0 Å². The number of halogens is 4. The minimum Gasteiger partial charge on any atom is -0.519 e. The molecule has 1 aliphatic heterocycles. The summed E-state index contributed by atoms with van der Waals surface area (Å²) in [6.07, 6.45) is 0. The van der Waals surface area contributed by atoms with E-state index in [0.29, 0.717) is 12.1 Å². The Hall–Kier alpha value is -2.18. The van der Waals surface area contributed by atoms with Crippen LogP contribution in [0, 0.1) is 23.3 Å². The van der Waals surface area contributed by atoms with E-state index in [0.717, 1.165) is 6.07 Å². The summed E-state index contributed by atoms with van der Waals surface area (Å²) in [5.41, 5.74) is -0.338. The molecule has 0 bridgehead atoms. The van der Waals surface area contributed by atoms with Gasteiger partial charge in [0.15, 0.2) is 23.2 Å². The average Bonchev–Trinajstić information content (AvgIpc) is 2.79. The normalized spacial score (nSPS) is 12.9.